The Bertz CT molecular complexity index is 1250. The molecule has 4 nitrogen and oxygen atoms in total. The van der Waals surface area contributed by atoms with Crippen molar-refractivity contribution in [1.29, 1.82) is 0 Å². The fourth-order valence-electron chi connectivity index (χ4n) is 3.03. The quantitative estimate of drug-likeness (QED) is 0.382. The number of anilines is 2. The molecule has 0 saturated heterocycles. The van der Waals surface area contributed by atoms with Gasteiger partial charge in [0.2, 0.25) is 0 Å². The molecule has 5 rings (SSSR count). The molecule has 0 saturated carbocycles. The number of hydrogen-bond acceptors (Lipinski definition) is 5. The van der Waals surface area contributed by atoms with Crippen molar-refractivity contribution in [1.82, 2.24) is 9.97 Å². The molecule has 0 aliphatic rings. The molecule has 0 aliphatic carbocycles. The molecule has 2 aromatic heterocycles. The first-order valence-electron chi connectivity index (χ1n) is 8.69. The summed E-state index contributed by atoms with van der Waals surface area (Å²) in [4.78, 5) is 8.96. The van der Waals surface area contributed by atoms with Gasteiger partial charge in [0.1, 0.15) is 11.5 Å². The van der Waals surface area contributed by atoms with Gasteiger partial charge in [-0.15, -0.1) is 0 Å². The molecular formula is C22H14FN3OS. The van der Waals surface area contributed by atoms with E-state index in [1.165, 1.54) is 18.5 Å². The van der Waals surface area contributed by atoms with Gasteiger partial charge in [0.25, 0.3) is 0 Å². The van der Waals surface area contributed by atoms with Crippen LogP contribution >= 0.6 is 11.3 Å². The summed E-state index contributed by atoms with van der Waals surface area (Å²) in [6, 6.07) is 22.1. The van der Waals surface area contributed by atoms with Gasteiger partial charge in [0.05, 0.1) is 10.2 Å². The predicted molar refractivity (Wildman–Crippen MR) is 110 cm³/mol. The molecule has 0 amide bonds. The second-order valence-electron chi connectivity index (χ2n) is 6.23. The van der Waals surface area contributed by atoms with Crippen LogP contribution in [0.1, 0.15) is 0 Å². The second-order valence-corrected chi connectivity index (χ2v) is 7.26. The Hall–Kier alpha value is -3.51. The van der Waals surface area contributed by atoms with E-state index in [0.717, 1.165) is 32.2 Å². The fraction of sp³-hybridized carbons (Fsp3) is 0. The van der Waals surface area contributed by atoms with E-state index in [9.17, 15) is 4.39 Å². The first-order chi connectivity index (χ1) is 13.8. The highest BCUT2D eigenvalue weighted by Gasteiger charge is 2.15. The molecule has 0 atom stereocenters. The average molecular weight is 387 g/mol. The maximum Gasteiger partial charge on any atom is 0.188 e. The van der Waals surface area contributed by atoms with E-state index in [4.69, 9.17) is 4.42 Å². The molecule has 136 valence electrons. The molecule has 5 aromatic rings. The van der Waals surface area contributed by atoms with Crippen LogP contribution in [0.4, 0.5) is 15.2 Å². The van der Waals surface area contributed by atoms with Crippen LogP contribution in [0, 0.1) is 5.82 Å². The van der Waals surface area contributed by atoms with E-state index in [1.807, 2.05) is 48.5 Å². The largest absolute Gasteiger partial charge is 0.443 e. The molecular weight excluding hydrogens is 373 g/mol. The molecule has 28 heavy (non-hydrogen) atoms. The lowest BCUT2D eigenvalue weighted by molar-refractivity contribution is 0.572. The molecule has 0 radical (unpaired) electrons. The van der Waals surface area contributed by atoms with Gasteiger partial charge < -0.3 is 9.73 Å². The highest BCUT2D eigenvalue weighted by Crippen LogP contribution is 2.35. The summed E-state index contributed by atoms with van der Waals surface area (Å²) in [7, 11) is 0. The topological polar surface area (TPSA) is 51.0 Å². The van der Waals surface area contributed by atoms with Crippen LogP contribution in [-0.4, -0.2) is 9.97 Å². The number of nitrogens with zero attached hydrogens (tertiary/aromatic N) is 2. The second kappa shape index (κ2) is 6.90. The summed E-state index contributed by atoms with van der Waals surface area (Å²) >= 11 is 1.57. The number of thiazole rings is 1. The molecule has 6 heteroatoms. The van der Waals surface area contributed by atoms with E-state index in [0.29, 0.717) is 11.5 Å². The Morgan fingerprint density at radius 3 is 2.50 bits per heavy atom. The highest BCUT2D eigenvalue weighted by molar-refractivity contribution is 7.22. The lowest BCUT2D eigenvalue weighted by Crippen LogP contribution is -1.87. The van der Waals surface area contributed by atoms with E-state index in [2.05, 4.69) is 15.3 Å². The number of benzene rings is 3. The molecule has 0 spiro atoms. The minimum absolute atomic E-state index is 0.279. The van der Waals surface area contributed by atoms with Gasteiger partial charge in [0, 0.05) is 16.8 Å². The van der Waals surface area contributed by atoms with Crippen LogP contribution in [-0.2, 0) is 0 Å². The van der Waals surface area contributed by atoms with Crippen molar-refractivity contribution < 1.29 is 8.81 Å². The van der Waals surface area contributed by atoms with Crippen molar-refractivity contribution >= 4 is 32.4 Å². The lowest BCUT2D eigenvalue weighted by atomic mass is 10.1. The first kappa shape index (κ1) is 16.6. The van der Waals surface area contributed by atoms with E-state index < -0.39 is 0 Å². The first-order valence-corrected chi connectivity index (χ1v) is 9.50. The molecule has 0 bridgehead atoms. The molecule has 3 aromatic carbocycles. The minimum Gasteiger partial charge on any atom is -0.443 e. The summed E-state index contributed by atoms with van der Waals surface area (Å²) in [5, 5.41) is 4.15. The zero-order valence-electron chi connectivity index (χ0n) is 14.6. The Kier molecular flexibility index (Phi) is 4.10. The molecule has 0 aliphatic heterocycles. The summed E-state index contributed by atoms with van der Waals surface area (Å²) in [6.07, 6.45) is 1.41. The van der Waals surface area contributed by atoms with Gasteiger partial charge in [-0.2, -0.15) is 0 Å². The lowest BCUT2D eigenvalue weighted by Gasteiger charge is -2.02. The van der Waals surface area contributed by atoms with Gasteiger partial charge in [0.15, 0.2) is 17.3 Å². The average Bonchev–Trinajstić information content (AvgIpc) is 3.35. The zero-order valence-corrected chi connectivity index (χ0v) is 15.4. The fourth-order valence-corrected chi connectivity index (χ4v) is 3.95. The molecule has 0 fully saturated rings. The number of nitrogens with one attached hydrogen (secondary N) is 1. The van der Waals surface area contributed by atoms with Crippen LogP contribution in [0.25, 0.3) is 32.8 Å². The Morgan fingerprint density at radius 2 is 1.68 bits per heavy atom. The molecule has 1 N–H and O–H groups in total. The minimum atomic E-state index is -0.279. The molecule has 2 heterocycles. The number of fused-ring (bicyclic) bond motifs is 1. The van der Waals surface area contributed by atoms with E-state index in [-0.39, 0.29) is 5.82 Å². The van der Waals surface area contributed by atoms with Crippen molar-refractivity contribution in [2.75, 3.05) is 5.32 Å². The Balaban J connectivity index is 1.51. The van der Waals surface area contributed by atoms with Crippen LogP contribution in [0.5, 0.6) is 0 Å². The van der Waals surface area contributed by atoms with Crippen molar-refractivity contribution in [3.8, 4) is 22.6 Å². The van der Waals surface area contributed by atoms with Crippen molar-refractivity contribution in [3.05, 3.63) is 85.0 Å². The summed E-state index contributed by atoms with van der Waals surface area (Å²) < 4.78 is 19.9. The number of para-hydroxylation sites is 1. The smallest absolute Gasteiger partial charge is 0.188 e. The maximum atomic E-state index is 13.2. The third kappa shape index (κ3) is 3.14. The third-order valence-corrected chi connectivity index (χ3v) is 5.29. The Morgan fingerprint density at radius 1 is 0.893 bits per heavy atom. The van der Waals surface area contributed by atoms with E-state index >= 15 is 0 Å². The van der Waals surface area contributed by atoms with Crippen LogP contribution < -0.4 is 5.32 Å². The number of aromatic nitrogens is 2. The highest BCUT2D eigenvalue weighted by atomic mass is 32.1. The summed E-state index contributed by atoms with van der Waals surface area (Å²) in [6.45, 7) is 0. The summed E-state index contributed by atoms with van der Waals surface area (Å²) in [5.41, 5.74) is 4.30. The van der Waals surface area contributed by atoms with Crippen LogP contribution in [0.3, 0.4) is 0 Å². The standard InChI is InChI=1S/C22H14FN3OS/c23-16-9-6-14(7-10-16)20-21(27-13-24-20)15-8-11-18-19(12-15)28-22(26-18)25-17-4-2-1-3-5-17/h1-13H,(H,25,26). The molecule has 0 unspecified atom stereocenters. The SMILES string of the molecule is Fc1ccc(-c2ncoc2-c2ccc3nc(Nc4ccccc4)sc3c2)cc1. The maximum absolute atomic E-state index is 13.2. The van der Waals surface area contributed by atoms with Crippen molar-refractivity contribution in [2.45, 2.75) is 0 Å². The van der Waals surface area contributed by atoms with Crippen molar-refractivity contribution in [3.63, 3.8) is 0 Å². The van der Waals surface area contributed by atoms with Gasteiger partial charge in [-0.25, -0.2) is 14.4 Å². The number of oxazole rings is 1. The van der Waals surface area contributed by atoms with Crippen LogP contribution in [0.15, 0.2) is 83.6 Å². The number of rotatable bonds is 4. The van der Waals surface area contributed by atoms with Gasteiger partial charge >= 0.3 is 0 Å². The zero-order chi connectivity index (χ0) is 18.9. The van der Waals surface area contributed by atoms with E-state index in [1.54, 1.807) is 23.5 Å². The number of hydrogen-bond donors (Lipinski definition) is 1. The monoisotopic (exact) mass is 387 g/mol. The number of halogens is 1. The van der Waals surface area contributed by atoms with Gasteiger partial charge in [-0.1, -0.05) is 29.5 Å². The van der Waals surface area contributed by atoms with Gasteiger partial charge in [-0.3, -0.25) is 0 Å². The van der Waals surface area contributed by atoms with Crippen molar-refractivity contribution in [2.24, 2.45) is 0 Å². The normalized spacial score (nSPS) is 11.0. The van der Waals surface area contributed by atoms with Gasteiger partial charge in [-0.05, 0) is 54.6 Å². The Labute approximate surface area is 164 Å². The van der Waals surface area contributed by atoms with Crippen LogP contribution in [0.2, 0.25) is 0 Å². The third-order valence-electron chi connectivity index (χ3n) is 4.36. The predicted octanol–water partition coefficient (Wildman–Crippen LogP) is 6.50. The summed E-state index contributed by atoms with van der Waals surface area (Å²) in [5.74, 6) is 0.373.